The third kappa shape index (κ3) is 3.60. The van der Waals surface area contributed by atoms with Crippen LogP contribution in [0.5, 0.6) is 0 Å². The molecule has 0 radical (unpaired) electrons. The number of anilines is 1. The second-order valence-corrected chi connectivity index (χ2v) is 3.61. The number of Topliss-reactive ketones (excluding diaryl/α,β-unsaturated/α-hetero) is 1. The minimum atomic E-state index is 0.269. The summed E-state index contributed by atoms with van der Waals surface area (Å²) in [5.74, 6) is 0.269. The standard InChI is InChI=1S/C12H17NO/c1-10(14)6-2-3-7-11-8-4-5-9-12(11)13/h4-5,8-9H,2-3,6-7,13H2,1H3. The van der Waals surface area contributed by atoms with E-state index in [0.717, 1.165) is 24.9 Å². The highest BCUT2D eigenvalue weighted by Gasteiger charge is 1.98. The van der Waals surface area contributed by atoms with Crippen LogP contribution in [0.4, 0.5) is 5.69 Å². The summed E-state index contributed by atoms with van der Waals surface area (Å²) < 4.78 is 0. The van der Waals surface area contributed by atoms with E-state index in [1.807, 2.05) is 24.3 Å². The SMILES string of the molecule is CC(=O)CCCCc1ccccc1N. The highest BCUT2D eigenvalue weighted by atomic mass is 16.1. The molecule has 0 atom stereocenters. The third-order valence-corrected chi connectivity index (χ3v) is 2.28. The van der Waals surface area contributed by atoms with Crippen LogP contribution < -0.4 is 5.73 Å². The van der Waals surface area contributed by atoms with Gasteiger partial charge in [-0.25, -0.2) is 0 Å². The molecule has 0 aromatic heterocycles. The second kappa shape index (κ2) is 5.43. The van der Waals surface area contributed by atoms with Crippen molar-refractivity contribution in [3.05, 3.63) is 29.8 Å². The Morgan fingerprint density at radius 1 is 1.29 bits per heavy atom. The van der Waals surface area contributed by atoms with Crippen molar-refractivity contribution in [2.24, 2.45) is 0 Å². The molecular formula is C12H17NO. The summed E-state index contributed by atoms with van der Waals surface area (Å²) in [5.41, 5.74) is 7.84. The Balaban J connectivity index is 2.31. The van der Waals surface area contributed by atoms with Gasteiger partial charge in [0, 0.05) is 12.1 Å². The van der Waals surface area contributed by atoms with Gasteiger partial charge in [-0.2, -0.15) is 0 Å². The minimum absolute atomic E-state index is 0.269. The van der Waals surface area contributed by atoms with E-state index in [4.69, 9.17) is 5.73 Å². The zero-order valence-corrected chi connectivity index (χ0v) is 8.62. The van der Waals surface area contributed by atoms with Crippen LogP contribution in [0.25, 0.3) is 0 Å². The zero-order valence-electron chi connectivity index (χ0n) is 8.62. The van der Waals surface area contributed by atoms with Crippen molar-refractivity contribution in [1.82, 2.24) is 0 Å². The summed E-state index contributed by atoms with van der Waals surface area (Å²) in [6.07, 6.45) is 3.66. The summed E-state index contributed by atoms with van der Waals surface area (Å²) in [6, 6.07) is 7.90. The summed E-state index contributed by atoms with van der Waals surface area (Å²) >= 11 is 0. The van der Waals surface area contributed by atoms with Gasteiger partial charge in [-0.1, -0.05) is 18.2 Å². The molecule has 1 aromatic carbocycles. The molecule has 0 saturated heterocycles. The Bertz CT molecular complexity index is 307. The number of hydrogen-bond acceptors (Lipinski definition) is 2. The van der Waals surface area contributed by atoms with Gasteiger partial charge >= 0.3 is 0 Å². The van der Waals surface area contributed by atoms with Gasteiger partial charge in [-0.05, 0) is 37.8 Å². The Morgan fingerprint density at radius 3 is 2.64 bits per heavy atom. The van der Waals surface area contributed by atoms with Gasteiger partial charge in [-0.15, -0.1) is 0 Å². The van der Waals surface area contributed by atoms with Crippen molar-refractivity contribution in [2.45, 2.75) is 32.6 Å². The topological polar surface area (TPSA) is 43.1 Å². The summed E-state index contributed by atoms with van der Waals surface area (Å²) in [4.78, 5) is 10.7. The quantitative estimate of drug-likeness (QED) is 0.574. The van der Waals surface area contributed by atoms with Crippen LogP contribution in [0.15, 0.2) is 24.3 Å². The maximum atomic E-state index is 10.7. The smallest absolute Gasteiger partial charge is 0.129 e. The third-order valence-electron chi connectivity index (χ3n) is 2.28. The number of carbonyl (C=O) groups is 1. The van der Waals surface area contributed by atoms with Crippen molar-refractivity contribution in [2.75, 3.05) is 5.73 Å². The number of aryl methyl sites for hydroxylation is 1. The lowest BCUT2D eigenvalue weighted by atomic mass is 10.0. The van der Waals surface area contributed by atoms with E-state index in [1.54, 1.807) is 6.92 Å². The molecule has 0 unspecified atom stereocenters. The fourth-order valence-electron chi connectivity index (χ4n) is 1.45. The van der Waals surface area contributed by atoms with Crippen molar-refractivity contribution >= 4 is 11.5 Å². The Hall–Kier alpha value is -1.31. The molecule has 2 heteroatoms. The van der Waals surface area contributed by atoms with Gasteiger partial charge in [0.15, 0.2) is 0 Å². The van der Waals surface area contributed by atoms with Crippen molar-refractivity contribution in [3.63, 3.8) is 0 Å². The van der Waals surface area contributed by atoms with E-state index < -0.39 is 0 Å². The van der Waals surface area contributed by atoms with E-state index in [9.17, 15) is 4.79 Å². The Labute approximate surface area is 85.1 Å². The first kappa shape index (κ1) is 10.8. The number of benzene rings is 1. The average molecular weight is 191 g/mol. The number of ketones is 1. The lowest BCUT2D eigenvalue weighted by molar-refractivity contribution is -0.117. The number of nitrogens with two attached hydrogens (primary N) is 1. The number of para-hydroxylation sites is 1. The molecule has 0 fully saturated rings. The second-order valence-electron chi connectivity index (χ2n) is 3.61. The molecule has 0 heterocycles. The van der Waals surface area contributed by atoms with Crippen LogP contribution in [0.3, 0.4) is 0 Å². The zero-order chi connectivity index (χ0) is 10.4. The molecule has 2 N–H and O–H groups in total. The Kier molecular flexibility index (Phi) is 4.17. The first-order valence-electron chi connectivity index (χ1n) is 5.03. The van der Waals surface area contributed by atoms with Gasteiger partial charge < -0.3 is 10.5 Å². The molecule has 0 aliphatic rings. The van der Waals surface area contributed by atoms with Crippen molar-refractivity contribution in [1.29, 1.82) is 0 Å². The summed E-state index contributed by atoms with van der Waals surface area (Å²) in [5, 5.41) is 0. The molecule has 0 amide bonds. The van der Waals surface area contributed by atoms with Gasteiger partial charge in [-0.3, -0.25) is 0 Å². The average Bonchev–Trinajstić information content (AvgIpc) is 2.15. The van der Waals surface area contributed by atoms with E-state index >= 15 is 0 Å². The van der Waals surface area contributed by atoms with Crippen molar-refractivity contribution in [3.8, 4) is 0 Å². The van der Waals surface area contributed by atoms with Gasteiger partial charge in [0.05, 0.1) is 0 Å². The highest BCUT2D eigenvalue weighted by Crippen LogP contribution is 2.14. The molecular weight excluding hydrogens is 174 g/mol. The van der Waals surface area contributed by atoms with Gasteiger partial charge in [0.25, 0.3) is 0 Å². The van der Waals surface area contributed by atoms with Crippen LogP contribution >= 0.6 is 0 Å². The predicted octanol–water partition coefficient (Wildman–Crippen LogP) is 2.57. The largest absolute Gasteiger partial charge is 0.399 e. The molecule has 0 aliphatic heterocycles. The lowest BCUT2D eigenvalue weighted by Crippen LogP contribution is -1.95. The molecule has 0 spiro atoms. The van der Waals surface area contributed by atoms with Gasteiger partial charge in [0.1, 0.15) is 5.78 Å². The number of carbonyl (C=O) groups excluding carboxylic acids is 1. The summed E-state index contributed by atoms with van der Waals surface area (Å²) in [7, 11) is 0. The van der Waals surface area contributed by atoms with Crippen LogP contribution in [-0.4, -0.2) is 5.78 Å². The molecule has 2 nitrogen and oxygen atoms in total. The molecule has 76 valence electrons. The van der Waals surface area contributed by atoms with E-state index in [2.05, 4.69) is 0 Å². The normalized spacial score (nSPS) is 10.1. The molecule has 14 heavy (non-hydrogen) atoms. The maximum absolute atomic E-state index is 10.7. The number of rotatable bonds is 5. The molecule has 1 aromatic rings. The lowest BCUT2D eigenvalue weighted by Gasteiger charge is -2.03. The predicted molar refractivity (Wildman–Crippen MR) is 59.1 cm³/mol. The number of hydrogen-bond donors (Lipinski definition) is 1. The Morgan fingerprint density at radius 2 is 2.00 bits per heavy atom. The number of unbranched alkanes of at least 4 members (excludes halogenated alkanes) is 1. The van der Waals surface area contributed by atoms with Crippen LogP contribution in [0.1, 0.15) is 31.7 Å². The fraction of sp³-hybridized carbons (Fsp3) is 0.417. The van der Waals surface area contributed by atoms with Gasteiger partial charge in [0.2, 0.25) is 0 Å². The minimum Gasteiger partial charge on any atom is -0.399 e. The highest BCUT2D eigenvalue weighted by molar-refractivity contribution is 5.75. The van der Waals surface area contributed by atoms with E-state index in [0.29, 0.717) is 6.42 Å². The van der Waals surface area contributed by atoms with Crippen molar-refractivity contribution < 1.29 is 4.79 Å². The molecule has 0 bridgehead atoms. The molecule has 1 rings (SSSR count). The van der Waals surface area contributed by atoms with E-state index in [1.165, 1.54) is 5.56 Å². The first-order chi connectivity index (χ1) is 6.70. The van der Waals surface area contributed by atoms with Crippen LogP contribution in [0.2, 0.25) is 0 Å². The monoisotopic (exact) mass is 191 g/mol. The molecule has 0 aliphatic carbocycles. The summed E-state index contributed by atoms with van der Waals surface area (Å²) in [6.45, 7) is 1.64. The van der Waals surface area contributed by atoms with Crippen LogP contribution in [0, 0.1) is 0 Å². The first-order valence-corrected chi connectivity index (χ1v) is 5.03. The van der Waals surface area contributed by atoms with E-state index in [-0.39, 0.29) is 5.78 Å². The maximum Gasteiger partial charge on any atom is 0.129 e. The molecule has 0 saturated carbocycles. The van der Waals surface area contributed by atoms with Crippen LogP contribution in [-0.2, 0) is 11.2 Å². The number of nitrogen functional groups attached to an aromatic ring is 1. The fourth-order valence-corrected chi connectivity index (χ4v) is 1.45.